The number of phosphoric ester groups is 1. The summed E-state index contributed by atoms with van der Waals surface area (Å²) < 4.78 is 51.9. The second kappa shape index (κ2) is 11.4. The van der Waals surface area contributed by atoms with Crippen LogP contribution in [0.2, 0.25) is 0 Å². The van der Waals surface area contributed by atoms with Crippen molar-refractivity contribution < 1.29 is 46.6 Å². The van der Waals surface area contributed by atoms with Crippen molar-refractivity contribution in [1.29, 1.82) is 0 Å². The molecule has 0 aromatic heterocycles. The minimum Gasteiger partial charge on any atom is -0.478 e. The number of methoxy groups -OCH3 is 1. The molecule has 0 N–H and O–H groups in total. The smallest absolute Gasteiger partial charge is 0.475 e. The van der Waals surface area contributed by atoms with Crippen LogP contribution in [0.15, 0.2) is 12.3 Å². The van der Waals surface area contributed by atoms with Crippen molar-refractivity contribution in [2.24, 2.45) is 0 Å². The van der Waals surface area contributed by atoms with Gasteiger partial charge in [-0.05, 0) is 20.4 Å². The normalized spacial score (nSPS) is 27.3. The molecule has 4 atom stereocenters. The fraction of sp³-hybridized carbons (Fsp3) is 0.812. The molecule has 2 heterocycles. The lowest BCUT2D eigenvalue weighted by Crippen LogP contribution is -2.39. The van der Waals surface area contributed by atoms with Crippen LogP contribution in [0.25, 0.3) is 0 Å². The third-order valence-corrected chi connectivity index (χ3v) is 5.96. The van der Waals surface area contributed by atoms with Gasteiger partial charge >= 0.3 is 13.8 Å². The van der Waals surface area contributed by atoms with Gasteiger partial charge in [-0.3, -0.25) is 13.6 Å². The first-order valence-electron chi connectivity index (χ1n) is 9.06. The summed E-state index contributed by atoms with van der Waals surface area (Å²) in [6.45, 7) is 5.01. The van der Waals surface area contributed by atoms with Crippen LogP contribution in [0.3, 0.4) is 0 Å². The lowest BCUT2D eigenvalue weighted by molar-refractivity contribution is -0.219. The molecule has 17 heteroatoms. The summed E-state index contributed by atoms with van der Waals surface area (Å²) in [5.74, 6) is -2.14. The van der Waals surface area contributed by atoms with Crippen LogP contribution in [0.1, 0.15) is 13.8 Å². The molecular weight excluding hydrogens is 596 g/mol. The van der Waals surface area contributed by atoms with E-state index in [1.165, 1.54) is 0 Å². The number of carbonyl (C=O) groups is 1. The Morgan fingerprint density at radius 1 is 1.03 bits per heavy atom. The van der Waals surface area contributed by atoms with Crippen LogP contribution in [-0.4, -0.2) is 70.9 Å². The molecule has 2 rings (SSSR count). The largest absolute Gasteiger partial charge is 0.478 e. The molecule has 0 radical (unpaired) electrons. The fourth-order valence-electron chi connectivity index (χ4n) is 2.73. The zero-order valence-electron chi connectivity index (χ0n) is 17.4. The average molecular weight is 617 g/mol. The van der Waals surface area contributed by atoms with Gasteiger partial charge in [-0.2, -0.15) is 0 Å². The predicted octanol–water partition coefficient (Wildman–Crippen LogP) is 4.83. The van der Waals surface area contributed by atoms with Crippen molar-refractivity contribution in [2.75, 3.05) is 26.9 Å². The number of halogens is 6. The second-order valence-corrected chi connectivity index (χ2v) is 13.9. The third kappa shape index (κ3) is 9.61. The molecule has 0 spiro atoms. The van der Waals surface area contributed by atoms with Crippen molar-refractivity contribution in [3.05, 3.63) is 12.3 Å². The number of fused-ring (bicyclic) bond motifs is 1. The first-order chi connectivity index (χ1) is 14.9. The van der Waals surface area contributed by atoms with Crippen LogP contribution in [-0.2, 0) is 46.6 Å². The Hall–Kier alpha value is 0.740. The zero-order chi connectivity index (χ0) is 25.2. The number of hydrogen-bond donors (Lipinski definition) is 0. The molecule has 0 aromatic rings. The molecule has 0 aliphatic carbocycles. The molecule has 2 fully saturated rings. The maximum Gasteiger partial charge on any atom is 0.475 e. The van der Waals surface area contributed by atoms with Crippen molar-refractivity contribution in [3.8, 4) is 0 Å². The van der Waals surface area contributed by atoms with Gasteiger partial charge in [-0.1, -0.05) is 69.6 Å². The number of carbonyl (C=O) groups excluding carboxylic acids is 1. The molecule has 10 nitrogen and oxygen atoms in total. The summed E-state index contributed by atoms with van der Waals surface area (Å²) in [6.07, 6.45) is -3.68. The Morgan fingerprint density at radius 3 is 2.06 bits per heavy atom. The molecule has 0 unspecified atom stereocenters. The number of phosphoric acid groups is 1. The third-order valence-electron chi connectivity index (χ3n) is 3.95. The number of alkyl halides is 6. The van der Waals surface area contributed by atoms with Crippen molar-refractivity contribution in [3.63, 3.8) is 0 Å². The average Bonchev–Trinajstić information content (AvgIpc) is 3.13. The molecule has 33 heavy (non-hydrogen) atoms. The van der Waals surface area contributed by atoms with Crippen LogP contribution >= 0.6 is 77.4 Å². The number of esters is 1. The fourth-order valence-corrected chi connectivity index (χ4v) is 4.77. The van der Waals surface area contributed by atoms with Crippen molar-refractivity contribution in [2.45, 2.75) is 51.8 Å². The lowest BCUT2D eigenvalue weighted by Gasteiger charge is -2.27. The Bertz CT molecular complexity index is 748. The quantitative estimate of drug-likeness (QED) is 0.111. The molecule has 0 aromatic carbocycles. The number of hydrogen-bond acceptors (Lipinski definition) is 10. The molecule has 0 saturated carbocycles. The standard InChI is InChI=1S/C16H21Cl6O10P/c1-8(12(23)25-4)29-10-9(30-13-11(10)31-14(2,3)32-13)5-26-33(24,27-6-15(17,18)19)28-7-16(20,21)22/h9-11,13H,1,5-7H2,2-4H3/t9-,10-,11+,13+/m1/s1. The monoisotopic (exact) mass is 614 g/mol. The van der Waals surface area contributed by atoms with E-state index >= 15 is 0 Å². The maximum absolute atomic E-state index is 13.0. The van der Waals surface area contributed by atoms with E-state index in [4.69, 9.17) is 102 Å². The highest BCUT2D eigenvalue weighted by Gasteiger charge is 2.57. The van der Waals surface area contributed by atoms with Gasteiger partial charge in [0.05, 0.1) is 13.7 Å². The second-order valence-electron chi connectivity index (χ2n) is 7.16. The van der Waals surface area contributed by atoms with Crippen LogP contribution in [0, 0.1) is 0 Å². The topological polar surface area (TPSA) is 108 Å². The van der Waals surface area contributed by atoms with Gasteiger partial charge in [0, 0.05) is 0 Å². The molecule has 0 bridgehead atoms. The minimum atomic E-state index is -4.44. The summed E-state index contributed by atoms with van der Waals surface area (Å²) in [6, 6.07) is 0. The first-order valence-corrected chi connectivity index (χ1v) is 12.8. The van der Waals surface area contributed by atoms with Crippen LogP contribution < -0.4 is 0 Å². The maximum atomic E-state index is 13.0. The van der Waals surface area contributed by atoms with E-state index in [1.54, 1.807) is 13.8 Å². The van der Waals surface area contributed by atoms with Gasteiger partial charge < -0.3 is 23.7 Å². The van der Waals surface area contributed by atoms with Gasteiger partial charge in [0.2, 0.25) is 7.59 Å². The summed E-state index contributed by atoms with van der Waals surface area (Å²) >= 11 is 33.8. The van der Waals surface area contributed by atoms with E-state index < -0.39 is 71.6 Å². The summed E-state index contributed by atoms with van der Waals surface area (Å²) in [4.78, 5) is 11.8. The summed E-state index contributed by atoms with van der Waals surface area (Å²) in [5, 5.41) is 0. The zero-order valence-corrected chi connectivity index (χ0v) is 22.9. The van der Waals surface area contributed by atoms with E-state index in [-0.39, 0.29) is 5.76 Å². The number of ether oxygens (including phenoxy) is 5. The molecular formula is C16H21Cl6O10P. The van der Waals surface area contributed by atoms with Gasteiger partial charge in [-0.15, -0.1) is 0 Å². The van der Waals surface area contributed by atoms with Gasteiger partial charge in [0.1, 0.15) is 19.3 Å². The summed E-state index contributed by atoms with van der Waals surface area (Å²) in [5.41, 5.74) is 0. The Balaban J connectivity index is 2.14. The van der Waals surface area contributed by atoms with Gasteiger partial charge in [0.15, 0.2) is 30.0 Å². The van der Waals surface area contributed by atoms with Crippen LogP contribution in [0.4, 0.5) is 0 Å². The first kappa shape index (κ1) is 30.0. The highest BCUT2D eigenvalue weighted by Crippen LogP contribution is 2.53. The molecule has 2 saturated heterocycles. The minimum absolute atomic E-state index is 0.326. The van der Waals surface area contributed by atoms with Crippen LogP contribution in [0.5, 0.6) is 0 Å². The SMILES string of the molecule is C=C(O[C@H]1[C@@H]2OC(C)(C)O[C@@H]2O[C@@H]1COP(=O)(OCC(Cl)(Cl)Cl)OCC(Cl)(Cl)Cl)C(=O)OC. The Morgan fingerprint density at radius 2 is 1.58 bits per heavy atom. The molecule has 2 aliphatic rings. The Labute approximate surface area is 220 Å². The van der Waals surface area contributed by atoms with Gasteiger partial charge in [0.25, 0.3) is 0 Å². The van der Waals surface area contributed by atoms with Crippen molar-refractivity contribution >= 4 is 83.4 Å². The highest BCUT2D eigenvalue weighted by molar-refractivity contribution is 7.48. The van der Waals surface area contributed by atoms with E-state index in [0.717, 1.165) is 7.11 Å². The number of rotatable bonds is 10. The Kier molecular flexibility index (Phi) is 10.4. The van der Waals surface area contributed by atoms with E-state index in [2.05, 4.69) is 11.3 Å². The lowest BCUT2D eigenvalue weighted by atomic mass is 10.1. The molecule has 192 valence electrons. The highest BCUT2D eigenvalue weighted by atomic mass is 35.6. The molecule has 2 aliphatic heterocycles. The molecule has 0 amide bonds. The van der Waals surface area contributed by atoms with Gasteiger partial charge in [-0.25, -0.2) is 9.36 Å². The van der Waals surface area contributed by atoms with E-state index in [1.807, 2.05) is 0 Å². The van der Waals surface area contributed by atoms with E-state index in [9.17, 15) is 9.36 Å². The predicted molar refractivity (Wildman–Crippen MR) is 121 cm³/mol. The van der Waals surface area contributed by atoms with E-state index in [0.29, 0.717) is 0 Å². The van der Waals surface area contributed by atoms with Crippen molar-refractivity contribution in [1.82, 2.24) is 0 Å². The summed E-state index contributed by atoms with van der Waals surface area (Å²) in [7, 11) is -3.29.